The summed E-state index contributed by atoms with van der Waals surface area (Å²) in [6, 6.07) is 0. The van der Waals surface area contributed by atoms with E-state index >= 15 is 0 Å². The third-order valence-corrected chi connectivity index (χ3v) is 0.607. The first-order chi connectivity index (χ1) is 3.00. The van der Waals surface area contributed by atoms with Crippen LogP contribution in [-0.2, 0) is 0 Å². The molecule has 0 unspecified atom stereocenters. The van der Waals surface area contributed by atoms with Crippen LogP contribution in [0.1, 0.15) is 0 Å². The SMILES string of the molecule is [C+]1=CC=CC=C1. The quantitative estimate of drug-likeness (QED) is 0.384. The standard InChI is InChI=1S/C6H5/c1-2-4-6-5-3-1/h1-5H/q+1. The second kappa shape index (κ2) is 1.54. The third kappa shape index (κ3) is 0.540. The van der Waals surface area contributed by atoms with Crippen LogP contribution in [0.2, 0.25) is 0 Å². The molecule has 0 aromatic carbocycles. The van der Waals surface area contributed by atoms with E-state index in [4.69, 9.17) is 0 Å². The van der Waals surface area contributed by atoms with Crippen LogP contribution < -0.4 is 0 Å². The van der Waals surface area contributed by atoms with Gasteiger partial charge >= 0.3 is 0 Å². The maximum atomic E-state index is 2.89. The summed E-state index contributed by atoms with van der Waals surface area (Å²) in [6.45, 7) is 0. The van der Waals surface area contributed by atoms with E-state index in [2.05, 4.69) is 6.08 Å². The fourth-order valence-corrected chi connectivity index (χ4v) is 0.342. The Balaban J connectivity index is 2.77. The fraction of sp³-hybridized carbons (Fsp3) is 0. The molecule has 0 bridgehead atoms. The minimum absolute atomic E-state index is 1.88. The molecule has 1 rings (SSSR count). The van der Waals surface area contributed by atoms with Crippen LogP contribution in [0.3, 0.4) is 0 Å². The van der Waals surface area contributed by atoms with Crippen molar-refractivity contribution in [2.75, 3.05) is 0 Å². The molecule has 1 aliphatic carbocycles. The lowest BCUT2D eigenvalue weighted by molar-refractivity contribution is 1.75. The molecule has 28 valence electrons. The second-order valence-corrected chi connectivity index (χ2v) is 1.08. The van der Waals surface area contributed by atoms with E-state index in [1.165, 1.54) is 0 Å². The molecular formula is C6H5+. The van der Waals surface area contributed by atoms with Gasteiger partial charge < -0.3 is 0 Å². The molecule has 0 saturated carbocycles. The average Bonchev–Trinajstić information content (AvgIpc) is 1.72. The normalized spacial score (nSPS) is 14.7. The molecule has 0 amide bonds. The van der Waals surface area contributed by atoms with Gasteiger partial charge in [0.2, 0.25) is 0 Å². The molecule has 0 radical (unpaired) electrons. The Morgan fingerprint density at radius 1 is 1.00 bits per heavy atom. The smallest absolute Gasteiger partial charge is 0.0395 e. The lowest BCUT2D eigenvalue weighted by Gasteiger charge is -1.64. The van der Waals surface area contributed by atoms with Crippen molar-refractivity contribution in [3.05, 3.63) is 36.5 Å². The lowest BCUT2D eigenvalue weighted by atomic mass is 10.3. The zero-order chi connectivity index (χ0) is 4.24. The number of rotatable bonds is 0. The Morgan fingerprint density at radius 3 is 2.17 bits per heavy atom. The van der Waals surface area contributed by atoms with Gasteiger partial charge in [-0.15, -0.1) is 0 Å². The van der Waals surface area contributed by atoms with Crippen LogP contribution in [0.15, 0.2) is 30.4 Å². The van der Waals surface area contributed by atoms with E-state index in [0.717, 1.165) is 0 Å². The lowest BCUT2D eigenvalue weighted by Crippen LogP contribution is -1.56. The van der Waals surface area contributed by atoms with Crippen molar-refractivity contribution in [1.29, 1.82) is 0 Å². The Morgan fingerprint density at radius 2 is 2.00 bits per heavy atom. The molecule has 0 atom stereocenters. The van der Waals surface area contributed by atoms with Crippen LogP contribution in [0.5, 0.6) is 0 Å². The van der Waals surface area contributed by atoms with Gasteiger partial charge in [-0.05, 0) is 0 Å². The highest BCUT2D eigenvalue weighted by atomic mass is 13.7. The summed E-state index contributed by atoms with van der Waals surface area (Å²) in [7, 11) is 0. The predicted molar refractivity (Wildman–Crippen MR) is 26.1 cm³/mol. The molecule has 0 fully saturated rings. The first-order valence-electron chi connectivity index (χ1n) is 1.91. The van der Waals surface area contributed by atoms with Crippen molar-refractivity contribution in [2.24, 2.45) is 0 Å². The van der Waals surface area contributed by atoms with Crippen molar-refractivity contribution < 1.29 is 0 Å². The van der Waals surface area contributed by atoms with Gasteiger partial charge in [0.15, 0.2) is 0 Å². The van der Waals surface area contributed by atoms with Crippen LogP contribution >= 0.6 is 0 Å². The zero-order valence-electron chi connectivity index (χ0n) is 3.39. The Hall–Kier alpha value is -0.870. The van der Waals surface area contributed by atoms with Crippen LogP contribution in [0, 0.1) is 6.08 Å². The first kappa shape index (κ1) is 3.32. The molecule has 1 aliphatic rings. The van der Waals surface area contributed by atoms with Gasteiger partial charge in [0.05, 0.1) is 0 Å². The zero-order valence-corrected chi connectivity index (χ0v) is 3.39. The van der Waals surface area contributed by atoms with Gasteiger partial charge in [0, 0.05) is 24.3 Å². The van der Waals surface area contributed by atoms with Crippen LogP contribution in [0.25, 0.3) is 0 Å². The monoisotopic (exact) mass is 77.0 g/mol. The molecule has 0 spiro atoms. The largest absolute Gasteiger partial charge is 0.103 e. The Kier molecular flexibility index (Phi) is 0.852. The summed E-state index contributed by atoms with van der Waals surface area (Å²) in [5.41, 5.74) is 0. The molecule has 0 aromatic heterocycles. The highest BCUT2D eigenvalue weighted by Crippen LogP contribution is 1.85. The minimum atomic E-state index is 1.88. The van der Waals surface area contributed by atoms with Gasteiger partial charge in [0.1, 0.15) is 12.2 Å². The van der Waals surface area contributed by atoms with E-state index in [0.29, 0.717) is 0 Å². The first-order valence-corrected chi connectivity index (χ1v) is 1.91. The molecule has 0 saturated heterocycles. The molecule has 0 heterocycles. The highest BCUT2D eigenvalue weighted by Gasteiger charge is 1.78. The third-order valence-electron chi connectivity index (χ3n) is 0.607. The topological polar surface area (TPSA) is 0 Å². The second-order valence-electron chi connectivity index (χ2n) is 1.08. The summed E-state index contributed by atoms with van der Waals surface area (Å²) in [6.07, 6.45) is 12.5. The van der Waals surface area contributed by atoms with Gasteiger partial charge in [-0.25, -0.2) is 0 Å². The van der Waals surface area contributed by atoms with E-state index < -0.39 is 0 Å². The summed E-state index contributed by atoms with van der Waals surface area (Å²) < 4.78 is 0. The summed E-state index contributed by atoms with van der Waals surface area (Å²) in [4.78, 5) is 0. The van der Waals surface area contributed by atoms with Gasteiger partial charge in [-0.3, -0.25) is 0 Å². The van der Waals surface area contributed by atoms with E-state index in [9.17, 15) is 0 Å². The maximum absolute atomic E-state index is 2.89. The van der Waals surface area contributed by atoms with E-state index in [-0.39, 0.29) is 0 Å². The Bertz CT molecular complexity index is 69.4. The summed E-state index contributed by atoms with van der Waals surface area (Å²) in [5, 5.41) is 0. The van der Waals surface area contributed by atoms with Crippen molar-refractivity contribution in [3.8, 4) is 0 Å². The van der Waals surface area contributed by atoms with Gasteiger partial charge in [-0.1, -0.05) is 0 Å². The van der Waals surface area contributed by atoms with E-state index in [1.807, 2.05) is 30.4 Å². The Labute approximate surface area is 37.5 Å². The molecular weight excluding hydrogens is 72.1 g/mol. The minimum Gasteiger partial charge on any atom is 0.0395 e. The molecule has 0 heteroatoms. The molecule has 6 heavy (non-hydrogen) atoms. The number of allylic oxidation sites excluding steroid dienone is 6. The maximum Gasteiger partial charge on any atom is 0.103 e. The molecule has 0 nitrogen and oxygen atoms in total. The number of hydrogen-bond donors (Lipinski definition) is 0. The predicted octanol–water partition coefficient (Wildman–Crippen LogP) is 1.47. The highest BCUT2D eigenvalue weighted by molar-refractivity contribution is 5.18. The molecule has 0 N–H and O–H groups in total. The van der Waals surface area contributed by atoms with Crippen molar-refractivity contribution >= 4 is 0 Å². The molecule has 0 aliphatic heterocycles. The number of hydrogen-bond acceptors (Lipinski definition) is 0. The molecule has 0 aromatic rings. The summed E-state index contributed by atoms with van der Waals surface area (Å²) in [5.74, 6) is 0. The van der Waals surface area contributed by atoms with Crippen LogP contribution in [-0.4, -0.2) is 0 Å². The van der Waals surface area contributed by atoms with Crippen molar-refractivity contribution in [3.63, 3.8) is 0 Å². The van der Waals surface area contributed by atoms with Crippen molar-refractivity contribution in [2.45, 2.75) is 0 Å². The average molecular weight is 77.1 g/mol. The van der Waals surface area contributed by atoms with Gasteiger partial charge in [0.25, 0.3) is 0 Å². The van der Waals surface area contributed by atoms with E-state index in [1.54, 1.807) is 0 Å². The van der Waals surface area contributed by atoms with Gasteiger partial charge in [-0.2, -0.15) is 0 Å². The van der Waals surface area contributed by atoms with Crippen LogP contribution in [0.4, 0.5) is 0 Å². The fourth-order valence-electron chi connectivity index (χ4n) is 0.342. The summed E-state index contributed by atoms with van der Waals surface area (Å²) >= 11 is 0. The van der Waals surface area contributed by atoms with Crippen molar-refractivity contribution in [1.82, 2.24) is 0 Å².